The molecule has 2 aliphatic rings. The van der Waals surface area contributed by atoms with Gasteiger partial charge in [-0.15, -0.1) is 0 Å². The molecule has 8 heteroatoms. The molecule has 2 aromatic carbocycles. The minimum Gasteiger partial charge on any atom is -0.494 e. The molecule has 1 fully saturated rings. The molecule has 0 aliphatic carbocycles. The zero-order valence-electron chi connectivity index (χ0n) is 22.5. The standard InChI is InChI=1S/C30H39N5O3/c1-5-27(36)35-17-15-34(16-18-35)26-10-8-7-9-24(26)33-30-28(25(31-4)19-21(3)20-32-30)29(37)22-11-13-23(14-12-22)38-6-2/h5,7-14,20,27,29,31,36-37H,1,6,15-19H2,2-4H3,(H,32,33). The van der Waals surface area contributed by atoms with Gasteiger partial charge in [0.05, 0.1) is 18.0 Å². The average Bonchev–Trinajstić information content (AvgIpc) is 3.11. The smallest absolute Gasteiger partial charge is 0.138 e. The number of hydrogen-bond acceptors (Lipinski definition) is 8. The molecular weight excluding hydrogens is 478 g/mol. The monoisotopic (exact) mass is 517 g/mol. The zero-order valence-corrected chi connectivity index (χ0v) is 22.5. The second-order valence-corrected chi connectivity index (χ2v) is 9.49. The van der Waals surface area contributed by atoms with Gasteiger partial charge in [-0.25, -0.2) is 4.99 Å². The van der Waals surface area contributed by atoms with Crippen LogP contribution in [-0.2, 0) is 0 Å². The highest BCUT2D eigenvalue weighted by Crippen LogP contribution is 2.33. The predicted molar refractivity (Wildman–Crippen MR) is 155 cm³/mol. The summed E-state index contributed by atoms with van der Waals surface area (Å²) in [5.74, 6) is 1.37. The molecule has 202 valence electrons. The molecule has 0 bridgehead atoms. The summed E-state index contributed by atoms with van der Waals surface area (Å²) in [4.78, 5) is 9.11. The van der Waals surface area contributed by atoms with E-state index in [9.17, 15) is 10.2 Å². The molecule has 0 amide bonds. The number of aliphatic imine (C=N–C) groups is 1. The van der Waals surface area contributed by atoms with Gasteiger partial charge >= 0.3 is 0 Å². The van der Waals surface area contributed by atoms with Crippen molar-refractivity contribution in [1.82, 2.24) is 10.2 Å². The second kappa shape index (κ2) is 12.8. The average molecular weight is 518 g/mol. The van der Waals surface area contributed by atoms with Crippen molar-refractivity contribution in [3.05, 3.63) is 89.8 Å². The second-order valence-electron chi connectivity index (χ2n) is 9.49. The number of nitrogens with one attached hydrogen (secondary N) is 2. The number of rotatable bonds is 9. The number of aliphatic hydroxyl groups excluding tert-OH is 2. The van der Waals surface area contributed by atoms with Crippen LogP contribution in [0.3, 0.4) is 0 Å². The number of amidine groups is 1. The van der Waals surface area contributed by atoms with Gasteiger partial charge in [-0.3, -0.25) is 4.90 Å². The van der Waals surface area contributed by atoms with Gasteiger partial charge in [-0.2, -0.15) is 0 Å². The highest BCUT2D eigenvalue weighted by Gasteiger charge is 2.27. The van der Waals surface area contributed by atoms with Crippen molar-refractivity contribution in [3.63, 3.8) is 0 Å². The zero-order chi connectivity index (χ0) is 27.1. The van der Waals surface area contributed by atoms with E-state index in [1.165, 1.54) is 0 Å². The molecular formula is C30H39N5O3. The lowest BCUT2D eigenvalue weighted by Crippen LogP contribution is -2.50. The lowest BCUT2D eigenvalue weighted by Gasteiger charge is -2.38. The van der Waals surface area contributed by atoms with Gasteiger partial charge in [0, 0.05) is 57.1 Å². The fraction of sp³-hybridized carbons (Fsp3) is 0.367. The number of para-hydroxylation sites is 2. The first-order valence-corrected chi connectivity index (χ1v) is 13.2. The first-order chi connectivity index (χ1) is 18.4. The molecule has 0 spiro atoms. The van der Waals surface area contributed by atoms with Crippen LogP contribution in [0, 0.1) is 0 Å². The fourth-order valence-corrected chi connectivity index (χ4v) is 4.86. The number of piperazine rings is 1. The van der Waals surface area contributed by atoms with Crippen molar-refractivity contribution < 1.29 is 14.9 Å². The molecule has 2 unspecified atom stereocenters. The Balaban J connectivity index is 1.64. The largest absolute Gasteiger partial charge is 0.494 e. The Labute approximate surface area is 225 Å². The van der Waals surface area contributed by atoms with Crippen molar-refractivity contribution in [2.45, 2.75) is 32.6 Å². The van der Waals surface area contributed by atoms with Gasteiger partial charge in [0.25, 0.3) is 0 Å². The van der Waals surface area contributed by atoms with Crippen LogP contribution in [0.5, 0.6) is 5.75 Å². The van der Waals surface area contributed by atoms with Crippen LogP contribution < -0.4 is 20.3 Å². The Morgan fingerprint density at radius 3 is 2.45 bits per heavy atom. The van der Waals surface area contributed by atoms with E-state index >= 15 is 0 Å². The van der Waals surface area contributed by atoms with Crippen LogP contribution in [0.4, 0.5) is 11.4 Å². The van der Waals surface area contributed by atoms with E-state index in [1.807, 2.05) is 74.5 Å². The Morgan fingerprint density at radius 2 is 1.79 bits per heavy atom. The third-order valence-electron chi connectivity index (χ3n) is 6.93. The molecule has 0 aromatic heterocycles. The van der Waals surface area contributed by atoms with Crippen molar-refractivity contribution in [2.24, 2.45) is 4.99 Å². The summed E-state index contributed by atoms with van der Waals surface area (Å²) < 4.78 is 5.58. The minimum atomic E-state index is -0.894. The summed E-state index contributed by atoms with van der Waals surface area (Å²) in [7, 11) is 1.88. The lowest BCUT2D eigenvalue weighted by atomic mass is 9.96. The number of allylic oxidation sites excluding steroid dienone is 1. The molecule has 1 saturated heterocycles. The van der Waals surface area contributed by atoms with E-state index < -0.39 is 12.3 Å². The third kappa shape index (κ3) is 6.27. The quantitative estimate of drug-likeness (QED) is 0.373. The first kappa shape index (κ1) is 27.4. The molecule has 38 heavy (non-hydrogen) atoms. The number of hydrogen-bond donors (Lipinski definition) is 4. The van der Waals surface area contributed by atoms with Crippen molar-refractivity contribution >= 4 is 17.2 Å². The van der Waals surface area contributed by atoms with Crippen molar-refractivity contribution in [1.29, 1.82) is 0 Å². The van der Waals surface area contributed by atoms with E-state index in [2.05, 4.69) is 28.2 Å². The molecule has 0 radical (unpaired) electrons. The van der Waals surface area contributed by atoms with E-state index in [0.29, 0.717) is 24.4 Å². The van der Waals surface area contributed by atoms with Gasteiger partial charge in [0.2, 0.25) is 0 Å². The maximum absolute atomic E-state index is 11.6. The van der Waals surface area contributed by atoms with Crippen LogP contribution >= 0.6 is 0 Å². The Hall–Kier alpha value is -3.59. The molecule has 2 atom stereocenters. The molecule has 2 aromatic rings. The molecule has 4 rings (SSSR count). The summed E-state index contributed by atoms with van der Waals surface area (Å²) in [6, 6.07) is 15.7. The minimum absolute atomic E-state index is 0.589. The lowest BCUT2D eigenvalue weighted by molar-refractivity contribution is 0.0381. The highest BCUT2D eigenvalue weighted by atomic mass is 16.5. The first-order valence-electron chi connectivity index (χ1n) is 13.2. The van der Waals surface area contributed by atoms with E-state index in [1.54, 1.807) is 6.08 Å². The molecule has 2 heterocycles. The fourth-order valence-electron chi connectivity index (χ4n) is 4.86. The van der Waals surface area contributed by atoms with Gasteiger partial charge in [-0.05, 0) is 55.3 Å². The Bertz CT molecular complexity index is 1200. The van der Waals surface area contributed by atoms with E-state index in [0.717, 1.165) is 60.1 Å². The summed E-state index contributed by atoms with van der Waals surface area (Å²) in [6.07, 6.45) is 2.56. The SMILES string of the molecule is C=CC(O)N1CCN(c2ccccc2NC2=NC=C(C)CC(NC)=C2C(O)c2ccc(OCC)cc2)CC1. The summed E-state index contributed by atoms with van der Waals surface area (Å²) in [5, 5.41) is 28.6. The van der Waals surface area contributed by atoms with Crippen LogP contribution in [0.25, 0.3) is 0 Å². The van der Waals surface area contributed by atoms with E-state index in [4.69, 9.17) is 9.73 Å². The number of anilines is 2. The van der Waals surface area contributed by atoms with Gasteiger partial charge < -0.3 is 30.5 Å². The number of ether oxygens (including phenoxy) is 1. The van der Waals surface area contributed by atoms with Gasteiger partial charge in [0.1, 0.15) is 23.9 Å². The predicted octanol–water partition coefficient (Wildman–Crippen LogP) is 4.04. The number of benzene rings is 2. The molecule has 0 saturated carbocycles. The van der Waals surface area contributed by atoms with Crippen LogP contribution in [-0.4, -0.2) is 67.0 Å². The van der Waals surface area contributed by atoms with Crippen LogP contribution in [0.2, 0.25) is 0 Å². The van der Waals surface area contributed by atoms with Gasteiger partial charge in [-0.1, -0.05) is 30.8 Å². The van der Waals surface area contributed by atoms with Gasteiger partial charge in [0.15, 0.2) is 0 Å². The number of nitrogens with zero attached hydrogens (tertiary/aromatic N) is 3. The Morgan fingerprint density at radius 1 is 1.08 bits per heavy atom. The Kier molecular flexibility index (Phi) is 9.23. The summed E-state index contributed by atoms with van der Waals surface area (Å²) >= 11 is 0. The van der Waals surface area contributed by atoms with Crippen LogP contribution in [0.15, 0.2) is 89.2 Å². The molecule has 4 N–H and O–H groups in total. The van der Waals surface area contributed by atoms with E-state index in [-0.39, 0.29) is 0 Å². The molecule has 8 nitrogen and oxygen atoms in total. The molecule has 2 aliphatic heterocycles. The maximum Gasteiger partial charge on any atom is 0.138 e. The summed E-state index contributed by atoms with van der Waals surface area (Å²) in [5.41, 5.74) is 5.42. The summed E-state index contributed by atoms with van der Waals surface area (Å²) in [6.45, 7) is 11.3. The highest BCUT2D eigenvalue weighted by molar-refractivity contribution is 6.11. The number of aliphatic hydroxyl groups is 2. The maximum atomic E-state index is 11.6. The normalized spacial score (nSPS) is 18.2. The third-order valence-corrected chi connectivity index (χ3v) is 6.93. The van der Waals surface area contributed by atoms with Crippen molar-refractivity contribution in [2.75, 3.05) is 50.1 Å². The van der Waals surface area contributed by atoms with Crippen molar-refractivity contribution in [3.8, 4) is 5.75 Å². The van der Waals surface area contributed by atoms with Crippen LogP contribution in [0.1, 0.15) is 31.9 Å². The topological polar surface area (TPSA) is 92.6 Å².